The van der Waals surface area contributed by atoms with E-state index >= 15 is 0 Å². The number of halogens is 1. The first-order valence-corrected chi connectivity index (χ1v) is 4.17. The van der Waals surface area contributed by atoms with Gasteiger partial charge in [0.05, 0.1) is 10.5 Å². The van der Waals surface area contributed by atoms with Crippen molar-refractivity contribution in [3.63, 3.8) is 0 Å². The number of carbonyl (C=O) groups is 2. The van der Waals surface area contributed by atoms with Gasteiger partial charge in [-0.15, -0.1) is 0 Å². The van der Waals surface area contributed by atoms with E-state index in [4.69, 9.17) is 21.8 Å². The fraction of sp³-hybridized carbons (Fsp3) is 0. The molecule has 0 atom stereocenters. The number of rotatable bonds is 3. The molecule has 0 aliphatic carbocycles. The van der Waals surface area contributed by atoms with Gasteiger partial charge in [-0.25, -0.2) is 9.59 Å². The molecule has 88 valence electrons. The van der Waals surface area contributed by atoms with Gasteiger partial charge in [-0.05, 0) is 12.1 Å². The zero-order chi connectivity index (χ0) is 12.5. The zero-order valence-electron chi connectivity index (χ0n) is 7.51. The van der Waals surface area contributed by atoms with Crippen LogP contribution in [0.4, 0.5) is 5.69 Å². The van der Waals surface area contributed by atoms with Crippen LogP contribution < -0.4 is 0 Å². The van der Waals surface area contributed by atoms with E-state index in [9.17, 15) is 19.7 Å². The number of aromatic carboxylic acids is 2. The van der Waals surface area contributed by atoms with Crippen LogP contribution in [0, 0.1) is 10.1 Å². The van der Waals surface area contributed by atoms with E-state index in [-0.39, 0.29) is 48.9 Å². The molecular formula is C8H6BaClNO6. The molecule has 17 heavy (non-hydrogen) atoms. The van der Waals surface area contributed by atoms with E-state index in [0.717, 1.165) is 12.1 Å². The summed E-state index contributed by atoms with van der Waals surface area (Å²) in [5.74, 6) is -3.29. The average Bonchev–Trinajstić information content (AvgIpc) is 2.15. The van der Waals surface area contributed by atoms with Crippen LogP contribution in [-0.2, 0) is 0 Å². The summed E-state index contributed by atoms with van der Waals surface area (Å²) >= 11 is 5.45. The Hall–Kier alpha value is -0.579. The van der Waals surface area contributed by atoms with Crippen LogP contribution in [0.3, 0.4) is 0 Å². The summed E-state index contributed by atoms with van der Waals surface area (Å²) in [6.07, 6.45) is 0. The predicted molar refractivity (Wildman–Crippen MR) is 60.6 cm³/mol. The first kappa shape index (κ1) is 16.4. The monoisotopic (exact) mass is 385 g/mol. The number of carboxylic acids is 2. The Morgan fingerprint density at radius 1 is 1.24 bits per heavy atom. The van der Waals surface area contributed by atoms with Crippen molar-refractivity contribution in [1.82, 2.24) is 0 Å². The van der Waals surface area contributed by atoms with Crippen LogP contribution in [0.25, 0.3) is 0 Å². The maximum absolute atomic E-state index is 10.8. The summed E-state index contributed by atoms with van der Waals surface area (Å²) in [5, 5.41) is 27.6. The van der Waals surface area contributed by atoms with Gasteiger partial charge < -0.3 is 10.2 Å². The molecule has 1 rings (SSSR count). The van der Waals surface area contributed by atoms with Crippen molar-refractivity contribution in [3.05, 3.63) is 38.4 Å². The van der Waals surface area contributed by atoms with Gasteiger partial charge in [-0.3, -0.25) is 10.1 Å². The Kier molecular flexibility index (Phi) is 6.16. The predicted octanol–water partition coefficient (Wildman–Crippen LogP) is 0.728. The summed E-state index contributed by atoms with van der Waals surface area (Å²) in [4.78, 5) is 31.0. The first-order chi connectivity index (χ1) is 7.36. The standard InChI is InChI=1S/C8H4ClNO6.Ba.2H/c9-4-2-1-3(7(11)12)5(8(13)14)6(4)10(15)16;;;/h1-2H,(H,11,12)(H,13,14);;;. The Bertz CT molecular complexity index is 503. The Balaban J connectivity index is 0.00000256. The molecule has 2 N–H and O–H groups in total. The molecule has 0 radical (unpaired) electrons. The maximum atomic E-state index is 10.8. The van der Waals surface area contributed by atoms with Crippen molar-refractivity contribution < 1.29 is 24.7 Å². The van der Waals surface area contributed by atoms with Gasteiger partial charge in [0.15, 0.2) is 5.56 Å². The summed E-state index contributed by atoms with van der Waals surface area (Å²) in [6, 6.07) is 1.87. The summed E-state index contributed by atoms with van der Waals surface area (Å²) < 4.78 is 0. The molecule has 0 saturated heterocycles. The summed E-state index contributed by atoms with van der Waals surface area (Å²) in [5.41, 5.74) is -2.53. The van der Waals surface area contributed by atoms with Gasteiger partial charge in [0, 0.05) is 0 Å². The van der Waals surface area contributed by atoms with Gasteiger partial charge in [0.2, 0.25) is 0 Å². The van der Waals surface area contributed by atoms with Gasteiger partial charge >= 0.3 is 66.5 Å². The number of carboxylic acid groups (broad SMARTS) is 2. The molecule has 0 heterocycles. The van der Waals surface area contributed by atoms with Gasteiger partial charge in [0.25, 0.3) is 0 Å². The normalized spacial score (nSPS) is 9.24. The third kappa shape index (κ3) is 3.44. The van der Waals surface area contributed by atoms with E-state index in [2.05, 4.69) is 0 Å². The van der Waals surface area contributed by atoms with Crippen molar-refractivity contribution in [2.24, 2.45) is 0 Å². The Morgan fingerprint density at radius 3 is 2.12 bits per heavy atom. The number of nitrogens with zero attached hydrogens (tertiary/aromatic N) is 1. The Labute approximate surface area is 140 Å². The van der Waals surface area contributed by atoms with E-state index in [1.807, 2.05) is 0 Å². The number of benzene rings is 1. The van der Waals surface area contributed by atoms with Crippen LogP contribution in [0.15, 0.2) is 12.1 Å². The molecule has 0 fully saturated rings. The molecular weight excluding hydrogens is 379 g/mol. The van der Waals surface area contributed by atoms with E-state index in [1.54, 1.807) is 0 Å². The second-order valence-corrected chi connectivity index (χ2v) is 3.09. The molecule has 0 aliphatic heterocycles. The van der Waals surface area contributed by atoms with Crippen molar-refractivity contribution >= 4 is 78.1 Å². The number of hydrogen-bond acceptors (Lipinski definition) is 4. The fourth-order valence-electron chi connectivity index (χ4n) is 1.14. The van der Waals surface area contributed by atoms with Gasteiger partial charge in [0.1, 0.15) is 5.02 Å². The van der Waals surface area contributed by atoms with Crippen LogP contribution in [-0.4, -0.2) is 76.0 Å². The van der Waals surface area contributed by atoms with Crippen molar-refractivity contribution in [3.8, 4) is 0 Å². The molecule has 9 heteroatoms. The minimum absolute atomic E-state index is 0. The second-order valence-electron chi connectivity index (χ2n) is 2.69. The molecule has 0 spiro atoms. The van der Waals surface area contributed by atoms with E-state index in [0.29, 0.717) is 0 Å². The topological polar surface area (TPSA) is 118 Å². The van der Waals surface area contributed by atoms with Crippen molar-refractivity contribution in [1.29, 1.82) is 0 Å². The molecule has 0 bridgehead atoms. The third-order valence-corrected chi connectivity index (χ3v) is 2.06. The molecule has 0 amide bonds. The van der Waals surface area contributed by atoms with Gasteiger partial charge in [-0.2, -0.15) is 0 Å². The minimum atomic E-state index is -1.72. The quantitative estimate of drug-likeness (QED) is 0.450. The first-order valence-electron chi connectivity index (χ1n) is 3.79. The van der Waals surface area contributed by atoms with Gasteiger partial charge in [-0.1, -0.05) is 11.6 Å². The number of nitro groups is 1. The molecule has 1 aromatic rings. The molecule has 0 aromatic heterocycles. The molecule has 0 aliphatic rings. The molecule has 0 saturated carbocycles. The van der Waals surface area contributed by atoms with Crippen molar-refractivity contribution in [2.75, 3.05) is 0 Å². The van der Waals surface area contributed by atoms with E-state index < -0.39 is 38.7 Å². The van der Waals surface area contributed by atoms with E-state index in [1.165, 1.54) is 0 Å². The summed E-state index contributed by atoms with van der Waals surface area (Å²) in [7, 11) is 0. The van der Waals surface area contributed by atoms with Crippen LogP contribution in [0.2, 0.25) is 5.02 Å². The van der Waals surface area contributed by atoms with Crippen molar-refractivity contribution in [2.45, 2.75) is 0 Å². The third-order valence-electron chi connectivity index (χ3n) is 1.76. The SMILES string of the molecule is O=C(O)c1ccc(Cl)c([N+](=O)[O-])c1C(=O)O.[BaH2]. The van der Waals surface area contributed by atoms with Crippen LogP contribution in [0.5, 0.6) is 0 Å². The Morgan fingerprint density at radius 2 is 1.76 bits per heavy atom. The zero-order valence-corrected chi connectivity index (χ0v) is 8.26. The fourth-order valence-corrected chi connectivity index (χ4v) is 1.37. The summed E-state index contributed by atoms with van der Waals surface area (Å²) in [6.45, 7) is 0. The number of hydrogen-bond donors (Lipinski definition) is 2. The van der Waals surface area contributed by atoms with Crippen LogP contribution in [0.1, 0.15) is 20.7 Å². The average molecular weight is 385 g/mol. The molecule has 1 aromatic carbocycles. The molecule has 7 nitrogen and oxygen atoms in total. The number of nitro benzene ring substituents is 1. The molecule has 0 unspecified atom stereocenters. The van der Waals surface area contributed by atoms with Crippen LogP contribution >= 0.6 is 11.6 Å². The second kappa shape index (κ2) is 6.38.